The first-order valence-electron chi connectivity index (χ1n) is 13.1. The topological polar surface area (TPSA) is 89.3 Å². The van der Waals surface area contributed by atoms with Crippen LogP contribution in [0.25, 0.3) is 0 Å². The Morgan fingerprint density at radius 1 is 1.00 bits per heavy atom. The summed E-state index contributed by atoms with van der Waals surface area (Å²) in [5.41, 5.74) is 3.31. The van der Waals surface area contributed by atoms with E-state index in [-0.39, 0.29) is 29.9 Å². The summed E-state index contributed by atoms with van der Waals surface area (Å²) in [4.78, 5) is 15.7. The number of ether oxygens (including phenoxy) is 2. The maximum absolute atomic E-state index is 14.0. The van der Waals surface area contributed by atoms with Crippen LogP contribution in [-0.2, 0) is 27.8 Å². The highest BCUT2D eigenvalue weighted by atomic mass is 32.2. The van der Waals surface area contributed by atoms with Gasteiger partial charge < -0.3 is 18.8 Å². The van der Waals surface area contributed by atoms with Gasteiger partial charge in [0.1, 0.15) is 5.76 Å². The van der Waals surface area contributed by atoms with Crippen LogP contribution in [0.2, 0.25) is 0 Å². The van der Waals surface area contributed by atoms with Crippen LogP contribution in [-0.4, -0.2) is 56.9 Å². The molecule has 212 valence electrons. The number of carbonyl (C=O) groups is 1. The SMILES string of the molecule is CCC(C)N(CC(=O)N(CCc1ccc(OC)c(OC)c1)Cc1ccco1)S(=O)(=O)c1c(C)cc(C)cc1C. The standard InChI is InChI=1S/C30H40N2O6S/c1-8-24(5)32(39(34,35)30-22(3)16-21(2)17-23(30)4)20-29(33)31(19-26-10-9-15-38-26)14-13-25-11-12-27(36-6)28(18-25)37-7/h9-12,15-18,24H,8,13-14,19-20H2,1-7H3. The molecule has 9 heteroatoms. The molecule has 1 amide bonds. The summed E-state index contributed by atoms with van der Waals surface area (Å²) in [5, 5.41) is 0. The van der Waals surface area contributed by atoms with E-state index >= 15 is 0 Å². The number of methoxy groups -OCH3 is 2. The van der Waals surface area contributed by atoms with E-state index in [9.17, 15) is 13.2 Å². The lowest BCUT2D eigenvalue weighted by Crippen LogP contribution is -2.47. The first-order valence-corrected chi connectivity index (χ1v) is 14.6. The number of rotatable bonds is 13. The Hall–Kier alpha value is -3.30. The molecular weight excluding hydrogens is 516 g/mol. The van der Waals surface area contributed by atoms with Crippen molar-refractivity contribution in [3.8, 4) is 11.5 Å². The molecule has 1 unspecified atom stereocenters. The zero-order valence-corrected chi connectivity index (χ0v) is 24.8. The summed E-state index contributed by atoms with van der Waals surface area (Å²) >= 11 is 0. The fourth-order valence-corrected chi connectivity index (χ4v) is 6.86. The van der Waals surface area contributed by atoms with Gasteiger partial charge in [-0.25, -0.2) is 8.42 Å². The number of hydrogen-bond acceptors (Lipinski definition) is 6. The number of hydrogen-bond donors (Lipinski definition) is 0. The Morgan fingerprint density at radius 2 is 1.67 bits per heavy atom. The van der Waals surface area contributed by atoms with Crippen LogP contribution >= 0.6 is 0 Å². The van der Waals surface area contributed by atoms with Crippen LogP contribution in [0.1, 0.15) is 48.3 Å². The van der Waals surface area contributed by atoms with Crippen LogP contribution in [0.3, 0.4) is 0 Å². The van der Waals surface area contributed by atoms with E-state index in [0.717, 1.165) is 11.1 Å². The molecule has 0 aliphatic carbocycles. The molecule has 0 aliphatic heterocycles. The smallest absolute Gasteiger partial charge is 0.244 e. The normalized spacial score (nSPS) is 12.4. The van der Waals surface area contributed by atoms with Gasteiger partial charge in [0.25, 0.3) is 0 Å². The average Bonchev–Trinajstić information content (AvgIpc) is 3.41. The van der Waals surface area contributed by atoms with Gasteiger partial charge in [-0.2, -0.15) is 4.31 Å². The third-order valence-corrected chi connectivity index (χ3v) is 9.21. The lowest BCUT2D eigenvalue weighted by molar-refractivity contribution is -0.132. The van der Waals surface area contributed by atoms with Crippen LogP contribution in [0.5, 0.6) is 11.5 Å². The summed E-state index contributed by atoms with van der Waals surface area (Å²) in [7, 11) is -0.772. The molecule has 0 spiro atoms. The number of benzene rings is 2. The molecule has 0 aliphatic rings. The van der Waals surface area contributed by atoms with Crippen LogP contribution in [0.4, 0.5) is 0 Å². The third kappa shape index (κ3) is 7.22. The highest BCUT2D eigenvalue weighted by Gasteiger charge is 2.34. The predicted molar refractivity (Wildman–Crippen MR) is 152 cm³/mol. The summed E-state index contributed by atoms with van der Waals surface area (Å²) in [6.07, 6.45) is 2.67. The van der Waals surface area contributed by atoms with E-state index in [2.05, 4.69) is 0 Å². The minimum Gasteiger partial charge on any atom is -0.493 e. The highest BCUT2D eigenvalue weighted by molar-refractivity contribution is 7.89. The predicted octanol–water partition coefficient (Wildman–Crippen LogP) is 5.28. The van der Waals surface area contributed by atoms with Crippen molar-refractivity contribution in [2.75, 3.05) is 27.3 Å². The van der Waals surface area contributed by atoms with E-state index in [1.807, 2.05) is 51.1 Å². The molecule has 1 heterocycles. The fourth-order valence-electron chi connectivity index (χ4n) is 4.79. The van der Waals surface area contributed by atoms with Gasteiger partial charge in [-0.15, -0.1) is 0 Å². The molecule has 1 aromatic heterocycles. The summed E-state index contributed by atoms with van der Waals surface area (Å²) in [5.74, 6) is 1.56. The maximum Gasteiger partial charge on any atom is 0.244 e. The quantitative estimate of drug-likeness (QED) is 0.285. The van der Waals surface area contributed by atoms with Crippen molar-refractivity contribution in [2.24, 2.45) is 0 Å². The largest absolute Gasteiger partial charge is 0.493 e. The number of carbonyl (C=O) groups excluding carboxylic acids is 1. The van der Waals surface area contributed by atoms with Crippen molar-refractivity contribution in [1.82, 2.24) is 9.21 Å². The molecule has 2 aromatic carbocycles. The lowest BCUT2D eigenvalue weighted by Gasteiger charge is -2.31. The number of furan rings is 1. The molecule has 0 fully saturated rings. The van der Waals surface area contributed by atoms with E-state index in [4.69, 9.17) is 13.9 Å². The van der Waals surface area contributed by atoms with E-state index in [1.54, 1.807) is 51.4 Å². The first-order chi connectivity index (χ1) is 18.5. The van der Waals surface area contributed by atoms with Gasteiger partial charge in [-0.3, -0.25) is 4.79 Å². The number of amides is 1. The Morgan fingerprint density at radius 3 is 2.23 bits per heavy atom. The van der Waals surface area contributed by atoms with Gasteiger partial charge in [0.05, 0.1) is 38.5 Å². The Balaban J connectivity index is 1.90. The maximum atomic E-state index is 14.0. The second-order valence-corrected chi connectivity index (χ2v) is 11.7. The molecule has 0 bridgehead atoms. The molecule has 1 atom stereocenters. The van der Waals surface area contributed by atoms with Gasteiger partial charge in [0.2, 0.25) is 15.9 Å². The van der Waals surface area contributed by atoms with Crippen molar-refractivity contribution >= 4 is 15.9 Å². The first kappa shape index (κ1) is 30.2. The number of aryl methyl sites for hydroxylation is 3. The van der Waals surface area contributed by atoms with E-state index in [1.165, 1.54) is 4.31 Å². The highest BCUT2D eigenvalue weighted by Crippen LogP contribution is 2.29. The Labute approximate surface area is 232 Å². The average molecular weight is 557 g/mol. The van der Waals surface area contributed by atoms with Crippen LogP contribution in [0.15, 0.2) is 58.0 Å². The molecule has 39 heavy (non-hydrogen) atoms. The van der Waals surface area contributed by atoms with Crippen molar-refractivity contribution in [1.29, 1.82) is 0 Å². The number of sulfonamides is 1. The fraction of sp³-hybridized carbons (Fsp3) is 0.433. The van der Waals surface area contributed by atoms with E-state index in [0.29, 0.717) is 47.8 Å². The summed E-state index contributed by atoms with van der Waals surface area (Å²) < 4.78 is 45.6. The number of nitrogens with zero attached hydrogens (tertiary/aromatic N) is 2. The van der Waals surface area contributed by atoms with Gasteiger partial charge in [-0.1, -0.05) is 30.7 Å². The molecular formula is C30H40N2O6S. The molecule has 0 radical (unpaired) electrons. The van der Waals surface area contributed by atoms with Gasteiger partial charge >= 0.3 is 0 Å². The van der Waals surface area contributed by atoms with Crippen molar-refractivity contribution in [3.05, 3.63) is 76.7 Å². The van der Waals surface area contributed by atoms with Gasteiger partial charge in [-0.05, 0) is 81.5 Å². The molecule has 0 saturated carbocycles. The third-order valence-electron chi connectivity index (χ3n) is 6.94. The van der Waals surface area contributed by atoms with Crippen LogP contribution < -0.4 is 9.47 Å². The van der Waals surface area contributed by atoms with Crippen molar-refractivity contribution < 1.29 is 27.1 Å². The molecule has 3 rings (SSSR count). The van der Waals surface area contributed by atoms with Crippen LogP contribution in [0, 0.1) is 20.8 Å². The summed E-state index contributed by atoms with van der Waals surface area (Å²) in [6.45, 7) is 9.64. The van der Waals surface area contributed by atoms with Gasteiger partial charge in [0.15, 0.2) is 11.5 Å². The molecule has 3 aromatic rings. The minimum atomic E-state index is -3.93. The zero-order valence-electron chi connectivity index (χ0n) is 24.0. The van der Waals surface area contributed by atoms with Gasteiger partial charge in [0, 0.05) is 12.6 Å². The van der Waals surface area contributed by atoms with Crippen molar-refractivity contribution in [3.63, 3.8) is 0 Å². The Bertz CT molecular complexity index is 1350. The van der Waals surface area contributed by atoms with E-state index < -0.39 is 10.0 Å². The second-order valence-electron chi connectivity index (χ2n) is 9.87. The molecule has 0 saturated heterocycles. The monoisotopic (exact) mass is 556 g/mol. The Kier molecular flexibility index (Phi) is 10.2. The molecule has 0 N–H and O–H groups in total. The minimum absolute atomic E-state index is 0.232. The van der Waals surface area contributed by atoms with Crippen molar-refractivity contribution in [2.45, 2.75) is 64.9 Å². The second kappa shape index (κ2) is 13.2. The molecule has 8 nitrogen and oxygen atoms in total. The zero-order chi connectivity index (χ0) is 28.7. The summed E-state index contributed by atoms with van der Waals surface area (Å²) in [6, 6.07) is 12.6. The lowest BCUT2D eigenvalue weighted by atomic mass is 10.1.